The standard InChI is InChI=1S/C19H17NO4/c1-12-3-5-14(6-4-12)20-11-19(22)23-15-7-8-16-13(2)9-18(21)24-17(16)10-15/h3-10,20H,11H2,1-2H3. The number of aryl methyl sites for hydroxylation is 2. The molecule has 1 N–H and O–H groups in total. The number of rotatable bonds is 4. The van der Waals surface area contributed by atoms with E-state index in [2.05, 4.69) is 5.32 Å². The molecule has 0 atom stereocenters. The number of carbonyl (C=O) groups excluding carboxylic acids is 1. The van der Waals surface area contributed by atoms with Gasteiger partial charge >= 0.3 is 11.6 Å². The summed E-state index contributed by atoms with van der Waals surface area (Å²) < 4.78 is 10.4. The molecule has 0 aliphatic rings. The van der Waals surface area contributed by atoms with Crippen LogP contribution in [0.4, 0.5) is 5.69 Å². The van der Waals surface area contributed by atoms with Crippen LogP contribution in [-0.4, -0.2) is 12.5 Å². The summed E-state index contributed by atoms with van der Waals surface area (Å²) in [6.07, 6.45) is 0. The van der Waals surface area contributed by atoms with Crippen LogP contribution in [0.3, 0.4) is 0 Å². The van der Waals surface area contributed by atoms with Crippen LogP contribution in [0, 0.1) is 13.8 Å². The Hall–Kier alpha value is -3.08. The second-order valence-electron chi connectivity index (χ2n) is 5.60. The number of esters is 1. The highest BCUT2D eigenvalue weighted by atomic mass is 16.5. The van der Waals surface area contributed by atoms with Gasteiger partial charge in [0.2, 0.25) is 0 Å². The first-order chi connectivity index (χ1) is 11.5. The van der Waals surface area contributed by atoms with Gasteiger partial charge in [-0.1, -0.05) is 17.7 Å². The summed E-state index contributed by atoms with van der Waals surface area (Å²) in [5, 5.41) is 3.81. The van der Waals surface area contributed by atoms with Gasteiger partial charge in [-0.05, 0) is 43.7 Å². The second-order valence-corrected chi connectivity index (χ2v) is 5.60. The first-order valence-corrected chi connectivity index (χ1v) is 7.57. The number of anilines is 1. The number of fused-ring (bicyclic) bond motifs is 1. The molecule has 0 bridgehead atoms. The fraction of sp³-hybridized carbons (Fsp3) is 0.158. The van der Waals surface area contributed by atoms with Crippen molar-refractivity contribution in [3.05, 3.63) is 70.1 Å². The van der Waals surface area contributed by atoms with Crippen LogP contribution in [0.25, 0.3) is 11.0 Å². The summed E-state index contributed by atoms with van der Waals surface area (Å²) in [4.78, 5) is 23.4. The Morgan fingerprint density at radius 3 is 2.58 bits per heavy atom. The lowest BCUT2D eigenvalue weighted by Crippen LogP contribution is -2.19. The zero-order valence-corrected chi connectivity index (χ0v) is 13.5. The molecule has 0 amide bonds. The molecular weight excluding hydrogens is 306 g/mol. The zero-order chi connectivity index (χ0) is 17.1. The van der Waals surface area contributed by atoms with Gasteiger partial charge in [0.25, 0.3) is 0 Å². The molecule has 122 valence electrons. The average Bonchev–Trinajstić information content (AvgIpc) is 2.54. The summed E-state index contributed by atoms with van der Waals surface area (Å²) >= 11 is 0. The Morgan fingerprint density at radius 1 is 1.08 bits per heavy atom. The van der Waals surface area contributed by atoms with Crippen molar-refractivity contribution in [3.63, 3.8) is 0 Å². The molecule has 3 aromatic rings. The number of benzene rings is 2. The van der Waals surface area contributed by atoms with E-state index in [1.165, 1.54) is 6.07 Å². The third-order valence-electron chi connectivity index (χ3n) is 3.64. The molecule has 0 unspecified atom stereocenters. The molecule has 1 aromatic heterocycles. The maximum absolute atomic E-state index is 11.9. The minimum Gasteiger partial charge on any atom is -0.425 e. The van der Waals surface area contributed by atoms with E-state index in [1.807, 2.05) is 38.1 Å². The molecule has 0 aliphatic heterocycles. The monoisotopic (exact) mass is 323 g/mol. The highest BCUT2D eigenvalue weighted by Gasteiger charge is 2.08. The summed E-state index contributed by atoms with van der Waals surface area (Å²) in [7, 11) is 0. The van der Waals surface area contributed by atoms with Crippen molar-refractivity contribution in [1.29, 1.82) is 0 Å². The number of nitrogens with one attached hydrogen (secondary N) is 1. The largest absolute Gasteiger partial charge is 0.425 e. The Bertz CT molecular complexity index is 942. The van der Waals surface area contributed by atoms with Gasteiger partial charge in [0.15, 0.2) is 0 Å². The first kappa shape index (κ1) is 15.8. The minimum atomic E-state index is -0.426. The molecule has 24 heavy (non-hydrogen) atoms. The van der Waals surface area contributed by atoms with Crippen LogP contribution in [-0.2, 0) is 4.79 Å². The molecule has 5 heteroatoms. The van der Waals surface area contributed by atoms with Crippen molar-refractivity contribution in [2.24, 2.45) is 0 Å². The molecule has 0 fully saturated rings. The molecule has 1 heterocycles. The Labute approximate surface area is 138 Å². The summed E-state index contributed by atoms with van der Waals surface area (Å²) in [6.45, 7) is 3.87. The van der Waals surface area contributed by atoms with E-state index in [0.717, 1.165) is 22.2 Å². The second kappa shape index (κ2) is 6.58. The van der Waals surface area contributed by atoms with Crippen molar-refractivity contribution in [2.75, 3.05) is 11.9 Å². The number of carbonyl (C=O) groups is 1. The molecule has 2 aromatic carbocycles. The third-order valence-corrected chi connectivity index (χ3v) is 3.64. The van der Waals surface area contributed by atoms with Crippen LogP contribution in [0.2, 0.25) is 0 Å². The van der Waals surface area contributed by atoms with Gasteiger partial charge in [0.1, 0.15) is 17.9 Å². The molecule has 0 aliphatic carbocycles. The van der Waals surface area contributed by atoms with E-state index in [-0.39, 0.29) is 6.54 Å². The van der Waals surface area contributed by atoms with Crippen molar-refractivity contribution >= 4 is 22.6 Å². The van der Waals surface area contributed by atoms with Gasteiger partial charge in [-0.3, -0.25) is 0 Å². The Kier molecular flexibility index (Phi) is 4.33. The van der Waals surface area contributed by atoms with Crippen LogP contribution in [0.1, 0.15) is 11.1 Å². The smallest absolute Gasteiger partial charge is 0.336 e. The average molecular weight is 323 g/mol. The SMILES string of the molecule is Cc1ccc(NCC(=O)Oc2ccc3c(C)cc(=O)oc3c2)cc1. The molecular formula is C19H17NO4. The van der Waals surface area contributed by atoms with Gasteiger partial charge in [0, 0.05) is 23.2 Å². The summed E-state index contributed by atoms with van der Waals surface area (Å²) in [6, 6.07) is 14.1. The van der Waals surface area contributed by atoms with Crippen molar-refractivity contribution < 1.29 is 13.9 Å². The Balaban J connectivity index is 1.69. The zero-order valence-electron chi connectivity index (χ0n) is 13.5. The van der Waals surface area contributed by atoms with Gasteiger partial charge in [-0.15, -0.1) is 0 Å². The Morgan fingerprint density at radius 2 is 1.83 bits per heavy atom. The van der Waals surface area contributed by atoms with E-state index in [1.54, 1.807) is 18.2 Å². The number of hydrogen-bond acceptors (Lipinski definition) is 5. The third kappa shape index (κ3) is 3.63. The molecule has 0 saturated heterocycles. The molecule has 0 spiro atoms. The lowest BCUT2D eigenvalue weighted by Gasteiger charge is -2.08. The predicted molar refractivity (Wildman–Crippen MR) is 92.5 cm³/mol. The molecule has 0 saturated carbocycles. The normalized spacial score (nSPS) is 10.6. The highest BCUT2D eigenvalue weighted by molar-refractivity contribution is 5.83. The van der Waals surface area contributed by atoms with Crippen LogP contribution < -0.4 is 15.7 Å². The molecule has 3 rings (SSSR count). The van der Waals surface area contributed by atoms with Gasteiger partial charge < -0.3 is 14.5 Å². The lowest BCUT2D eigenvalue weighted by molar-refractivity contribution is -0.132. The van der Waals surface area contributed by atoms with Crippen molar-refractivity contribution in [2.45, 2.75) is 13.8 Å². The van der Waals surface area contributed by atoms with Crippen LogP contribution in [0.15, 0.2) is 57.7 Å². The highest BCUT2D eigenvalue weighted by Crippen LogP contribution is 2.22. The fourth-order valence-corrected chi connectivity index (χ4v) is 2.38. The quantitative estimate of drug-likeness (QED) is 0.452. The summed E-state index contributed by atoms with van der Waals surface area (Å²) in [5.41, 5.74) is 2.79. The van der Waals surface area contributed by atoms with Crippen molar-refractivity contribution in [3.8, 4) is 5.75 Å². The maximum Gasteiger partial charge on any atom is 0.336 e. The minimum absolute atomic E-state index is 0.0405. The first-order valence-electron chi connectivity index (χ1n) is 7.57. The van der Waals surface area contributed by atoms with E-state index in [0.29, 0.717) is 11.3 Å². The van der Waals surface area contributed by atoms with E-state index in [9.17, 15) is 9.59 Å². The predicted octanol–water partition coefficient (Wildman–Crippen LogP) is 3.43. The van der Waals surface area contributed by atoms with Crippen molar-refractivity contribution in [1.82, 2.24) is 0 Å². The molecule has 0 radical (unpaired) electrons. The number of hydrogen-bond donors (Lipinski definition) is 1. The molecule has 5 nitrogen and oxygen atoms in total. The van der Waals surface area contributed by atoms with Crippen LogP contribution in [0.5, 0.6) is 5.75 Å². The van der Waals surface area contributed by atoms with E-state index in [4.69, 9.17) is 9.15 Å². The maximum atomic E-state index is 11.9. The van der Waals surface area contributed by atoms with Gasteiger partial charge in [0.05, 0.1) is 0 Å². The lowest BCUT2D eigenvalue weighted by atomic mass is 10.1. The van der Waals surface area contributed by atoms with Gasteiger partial charge in [-0.2, -0.15) is 0 Å². The van der Waals surface area contributed by atoms with E-state index < -0.39 is 11.6 Å². The van der Waals surface area contributed by atoms with Crippen LogP contribution >= 0.6 is 0 Å². The van der Waals surface area contributed by atoms with Gasteiger partial charge in [-0.25, -0.2) is 9.59 Å². The fourth-order valence-electron chi connectivity index (χ4n) is 2.38. The topological polar surface area (TPSA) is 68.5 Å². The number of ether oxygens (including phenoxy) is 1. The summed E-state index contributed by atoms with van der Waals surface area (Å²) in [5.74, 6) is -0.0862. The van der Waals surface area contributed by atoms with E-state index >= 15 is 0 Å².